The van der Waals surface area contributed by atoms with Crippen LogP contribution in [-0.4, -0.2) is 67.5 Å². The lowest BCUT2D eigenvalue weighted by molar-refractivity contribution is -0.154. The Bertz CT molecular complexity index is 1380. The number of ether oxygens (including phenoxy) is 1. The number of nitrogens with zero attached hydrogens (tertiary/aromatic N) is 3. The zero-order valence-corrected chi connectivity index (χ0v) is 18.4. The van der Waals surface area contributed by atoms with Crippen LogP contribution in [0.4, 0.5) is 13.2 Å². The Hall–Kier alpha value is -3.38. The highest BCUT2D eigenvalue weighted by Crippen LogP contribution is 2.31. The minimum atomic E-state index is -4.48. The molecular weight excluding hydrogens is 475 g/mol. The van der Waals surface area contributed by atoms with Gasteiger partial charge in [0.1, 0.15) is 5.58 Å². The molecule has 0 atom stereocenters. The van der Waals surface area contributed by atoms with E-state index in [0.29, 0.717) is 11.0 Å². The highest BCUT2D eigenvalue weighted by Gasteiger charge is 2.38. The molecule has 5 rings (SSSR count). The molecule has 0 fully saturated rings. The van der Waals surface area contributed by atoms with E-state index in [1.165, 1.54) is 35.0 Å². The number of alkyl halides is 3. The second-order valence-electron chi connectivity index (χ2n) is 8.05. The fourth-order valence-corrected chi connectivity index (χ4v) is 5.51. The number of benzene rings is 1. The van der Waals surface area contributed by atoms with Crippen LogP contribution in [0.5, 0.6) is 5.88 Å². The second-order valence-corrected chi connectivity index (χ2v) is 9.99. The Balaban J connectivity index is 1.21. The molecule has 0 spiro atoms. The zero-order valence-electron chi connectivity index (χ0n) is 17.6. The summed E-state index contributed by atoms with van der Waals surface area (Å²) >= 11 is 0. The topological polar surface area (TPSA) is 93.0 Å². The first-order valence-electron chi connectivity index (χ1n) is 10.2. The summed E-state index contributed by atoms with van der Waals surface area (Å²) in [5.74, 6) is -0.575. The molecule has 2 aromatic heterocycles. The number of sulfonamides is 1. The fourth-order valence-electron chi connectivity index (χ4n) is 4.04. The van der Waals surface area contributed by atoms with Gasteiger partial charge in [-0.15, -0.1) is 0 Å². The summed E-state index contributed by atoms with van der Waals surface area (Å²) in [7, 11) is -3.72. The van der Waals surface area contributed by atoms with Crippen LogP contribution in [0.15, 0.2) is 69.3 Å². The monoisotopic (exact) mass is 493 g/mol. The van der Waals surface area contributed by atoms with Crippen LogP contribution in [0.25, 0.3) is 11.0 Å². The number of carbonyl (C=O) groups excluding carboxylic acids is 1. The number of pyridine rings is 1. The lowest BCUT2D eigenvalue weighted by Crippen LogP contribution is -2.36. The summed E-state index contributed by atoms with van der Waals surface area (Å²) in [5.41, 5.74) is 2.53. The smallest absolute Gasteiger partial charge is 0.422 e. The third-order valence-electron chi connectivity index (χ3n) is 5.71. The predicted octanol–water partition coefficient (Wildman–Crippen LogP) is 3.23. The van der Waals surface area contributed by atoms with Gasteiger partial charge in [-0.2, -0.15) is 17.5 Å². The molecular formula is C22H18F3N3O5S. The molecule has 2 aliphatic heterocycles. The number of hydrogen-bond donors (Lipinski definition) is 0. The van der Waals surface area contributed by atoms with E-state index in [1.54, 1.807) is 23.1 Å². The van der Waals surface area contributed by atoms with E-state index in [9.17, 15) is 26.4 Å². The quantitative estimate of drug-likeness (QED) is 0.507. The van der Waals surface area contributed by atoms with Gasteiger partial charge in [0, 0.05) is 43.8 Å². The Labute approximate surface area is 192 Å². The number of amides is 1. The van der Waals surface area contributed by atoms with Crippen molar-refractivity contribution in [2.75, 3.05) is 32.8 Å². The first kappa shape index (κ1) is 22.4. The summed E-state index contributed by atoms with van der Waals surface area (Å²) in [6, 6.07) is 8.96. The Kier molecular flexibility index (Phi) is 5.36. The average molecular weight is 493 g/mol. The SMILES string of the molecule is O=C(c1ccc(OCC(F)(F)F)nc1)N1CC2=C(C1)CN(S(=O)(=O)c1ccc3occc3c1)C2. The predicted molar refractivity (Wildman–Crippen MR) is 114 cm³/mol. The third kappa shape index (κ3) is 4.26. The molecule has 4 heterocycles. The van der Waals surface area contributed by atoms with Crippen molar-refractivity contribution < 1.29 is 35.5 Å². The number of hydrogen-bond acceptors (Lipinski definition) is 6. The highest BCUT2D eigenvalue weighted by molar-refractivity contribution is 7.89. The van der Waals surface area contributed by atoms with Crippen molar-refractivity contribution in [2.45, 2.75) is 11.1 Å². The van der Waals surface area contributed by atoms with Crippen molar-refractivity contribution in [2.24, 2.45) is 0 Å². The highest BCUT2D eigenvalue weighted by atomic mass is 32.2. The maximum absolute atomic E-state index is 13.1. The maximum atomic E-state index is 13.1. The number of aromatic nitrogens is 1. The summed E-state index contributed by atoms with van der Waals surface area (Å²) in [6.07, 6.45) is -1.82. The van der Waals surface area contributed by atoms with E-state index in [1.807, 2.05) is 0 Å². The molecule has 0 unspecified atom stereocenters. The maximum Gasteiger partial charge on any atom is 0.422 e. The Morgan fingerprint density at radius 1 is 1.06 bits per heavy atom. The molecule has 0 saturated carbocycles. The van der Waals surface area contributed by atoms with E-state index < -0.39 is 22.8 Å². The molecule has 0 bridgehead atoms. The number of furan rings is 1. The van der Waals surface area contributed by atoms with Crippen molar-refractivity contribution in [3.8, 4) is 5.88 Å². The summed E-state index contributed by atoms with van der Waals surface area (Å²) in [5, 5.41) is 0.695. The van der Waals surface area contributed by atoms with E-state index in [4.69, 9.17) is 4.42 Å². The molecule has 0 aliphatic carbocycles. The van der Waals surface area contributed by atoms with Gasteiger partial charge in [0.05, 0.1) is 16.7 Å². The van der Waals surface area contributed by atoms with Crippen molar-refractivity contribution in [3.63, 3.8) is 0 Å². The fraction of sp³-hybridized carbons (Fsp3) is 0.273. The van der Waals surface area contributed by atoms with Gasteiger partial charge >= 0.3 is 6.18 Å². The van der Waals surface area contributed by atoms with Crippen LogP contribution in [0.2, 0.25) is 0 Å². The van der Waals surface area contributed by atoms with Crippen LogP contribution in [0.1, 0.15) is 10.4 Å². The average Bonchev–Trinajstić information content (AvgIpc) is 3.51. The lowest BCUT2D eigenvalue weighted by atomic mass is 10.2. The van der Waals surface area contributed by atoms with Crippen molar-refractivity contribution >= 4 is 26.9 Å². The van der Waals surface area contributed by atoms with Crippen LogP contribution in [-0.2, 0) is 10.0 Å². The number of rotatable bonds is 5. The van der Waals surface area contributed by atoms with Gasteiger partial charge < -0.3 is 14.1 Å². The number of carbonyl (C=O) groups is 1. The standard InChI is InChI=1S/C22H18F3N3O5S/c23-22(24,25)13-33-20-4-1-15(8-26-20)21(29)27-9-16-11-28(12-17(16)10-27)34(30,31)18-2-3-19-14(7-18)5-6-32-19/h1-8H,9-13H2. The molecule has 0 saturated heterocycles. The number of halogens is 3. The molecule has 34 heavy (non-hydrogen) atoms. The molecule has 1 aromatic carbocycles. The normalized spacial score (nSPS) is 17.0. The number of fused-ring (bicyclic) bond motifs is 1. The molecule has 0 radical (unpaired) electrons. The minimum absolute atomic E-state index is 0.175. The lowest BCUT2D eigenvalue weighted by Gasteiger charge is -2.23. The van der Waals surface area contributed by atoms with Crippen molar-refractivity contribution in [3.05, 3.63) is 65.6 Å². The van der Waals surface area contributed by atoms with E-state index >= 15 is 0 Å². The second kappa shape index (κ2) is 8.13. The van der Waals surface area contributed by atoms with Gasteiger partial charge in [0.2, 0.25) is 15.9 Å². The third-order valence-corrected chi connectivity index (χ3v) is 7.50. The van der Waals surface area contributed by atoms with Crippen LogP contribution in [0, 0.1) is 0 Å². The summed E-state index contributed by atoms with van der Waals surface area (Å²) in [6.45, 7) is -0.549. The van der Waals surface area contributed by atoms with E-state index in [0.717, 1.165) is 11.1 Å². The van der Waals surface area contributed by atoms with Crippen molar-refractivity contribution in [1.82, 2.24) is 14.2 Å². The van der Waals surface area contributed by atoms with Gasteiger partial charge in [0.25, 0.3) is 5.91 Å². The van der Waals surface area contributed by atoms with Crippen molar-refractivity contribution in [1.29, 1.82) is 0 Å². The van der Waals surface area contributed by atoms with Gasteiger partial charge in [0.15, 0.2) is 6.61 Å². The van der Waals surface area contributed by atoms with Crippen LogP contribution < -0.4 is 4.74 Å². The van der Waals surface area contributed by atoms with Crippen LogP contribution >= 0.6 is 0 Å². The summed E-state index contributed by atoms with van der Waals surface area (Å²) < 4.78 is 74.2. The molecule has 2 aliphatic rings. The molecule has 12 heteroatoms. The van der Waals surface area contributed by atoms with Gasteiger partial charge in [-0.25, -0.2) is 13.4 Å². The van der Waals surface area contributed by atoms with Gasteiger partial charge in [-0.05, 0) is 41.5 Å². The Morgan fingerprint density at radius 2 is 1.79 bits per heavy atom. The van der Waals surface area contributed by atoms with Gasteiger partial charge in [-0.1, -0.05) is 0 Å². The zero-order chi connectivity index (χ0) is 24.1. The first-order chi connectivity index (χ1) is 16.1. The minimum Gasteiger partial charge on any atom is -0.468 e. The molecule has 1 amide bonds. The molecule has 8 nitrogen and oxygen atoms in total. The summed E-state index contributed by atoms with van der Waals surface area (Å²) in [4.78, 5) is 18.3. The van der Waals surface area contributed by atoms with Crippen LogP contribution in [0.3, 0.4) is 0 Å². The largest absolute Gasteiger partial charge is 0.468 e. The molecule has 178 valence electrons. The van der Waals surface area contributed by atoms with E-state index in [2.05, 4.69) is 9.72 Å². The van der Waals surface area contributed by atoms with Gasteiger partial charge in [-0.3, -0.25) is 4.79 Å². The Morgan fingerprint density at radius 3 is 2.44 bits per heavy atom. The molecule has 0 N–H and O–H groups in total. The molecule has 3 aromatic rings. The first-order valence-corrected chi connectivity index (χ1v) is 11.7. The van der Waals surface area contributed by atoms with E-state index in [-0.39, 0.29) is 48.4 Å².